The molecule has 0 aliphatic heterocycles. The number of nitrogens with zero attached hydrogens (tertiary/aromatic N) is 2. The highest BCUT2D eigenvalue weighted by molar-refractivity contribution is 6.33. The monoisotopic (exact) mass is 313 g/mol. The first kappa shape index (κ1) is 14.3. The largest absolute Gasteiger partial charge is 0.412 e. The minimum atomic E-state index is -0.458. The summed E-state index contributed by atoms with van der Waals surface area (Å²) < 4.78 is 5.41. The summed E-state index contributed by atoms with van der Waals surface area (Å²) in [5.74, 6) is -0.362. The minimum Gasteiger partial charge on any atom is -0.412 e. The van der Waals surface area contributed by atoms with Crippen molar-refractivity contribution >= 4 is 23.2 Å². The van der Waals surface area contributed by atoms with Gasteiger partial charge in [0.15, 0.2) is 0 Å². The third-order valence-corrected chi connectivity index (χ3v) is 3.45. The molecule has 0 spiro atoms. The fraction of sp³-hybridized carbons (Fsp3) is 0.0625. The zero-order valence-corrected chi connectivity index (χ0v) is 12.5. The molecule has 1 amide bonds. The van der Waals surface area contributed by atoms with Crippen molar-refractivity contribution < 1.29 is 9.21 Å². The average molecular weight is 314 g/mol. The number of hydrogen-bond acceptors (Lipinski definition) is 4. The molecule has 2 aromatic carbocycles. The van der Waals surface area contributed by atoms with Gasteiger partial charge in [-0.15, -0.1) is 10.2 Å². The van der Waals surface area contributed by atoms with Crippen molar-refractivity contribution in [1.82, 2.24) is 10.2 Å². The molecule has 1 aromatic heterocycles. The van der Waals surface area contributed by atoms with E-state index < -0.39 is 5.91 Å². The van der Waals surface area contributed by atoms with Gasteiger partial charge in [-0.3, -0.25) is 4.79 Å². The first-order chi connectivity index (χ1) is 10.6. The van der Waals surface area contributed by atoms with Gasteiger partial charge in [-0.2, -0.15) is 0 Å². The third kappa shape index (κ3) is 2.84. The van der Waals surface area contributed by atoms with Crippen LogP contribution in [0.4, 0.5) is 5.69 Å². The first-order valence-electron chi connectivity index (χ1n) is 6.60. The number of aryl methyl sites for hydroxylation is 1. The van der Waals surface area contributed by atoms with Crippen LogP contribution in [-0.2, 0) is 0 Å². The van der Waals surface area contributed by atoms with Gasteiger partial charge >= 0.3 is 11.8 Å². The highest BCUT2D eigenvalue weighted by Crippen LogP contribution is 2.26. The standard InChI is InChI=1S/C16H12ClN3O2/c1-10-6-2-5-9-13(10)18-14(21)16-20-19-15(22-16)11-7-3-4-8-12(11)17/h2-9H,1H3,(H,18,21). The molecule has 0 saturated carbocycles. The van der Waals surface area contributed by atoms with Gasteiger partial charge in [0.25, 0.3) is 0 Å². The Morgan fingerprint density at radius 1 is 1.09 bits per heavy atom. The molecule has 0 aliphatic rings. The van der Waals surface area contributed by atoms with E-state index in [-0.39, 0.29) is 11.8 Å². The van der Waals surface area contributed by atoms with Gasteiger partial charge in [-0.25, -0.2) is 0 Å². The number of carbonyl (C=O) groups is 1. The minimum absolute atomic E-state index is 0.113. The van der Waals surface area contributed by atoms with E-state index in [0.717, 1.165) is 5.56 Å². The normalized spacial score (nSPS) is 10.5. The summed E-state index contributed by atoms with van der Waals surface area (Å²) in [4.78, 5) is 12.2. The van der Waals surface area contributed by atoms with Gasteiger partial charge in [0.1, 0.15) is 0 Å². The molecule has 0 bridgehead atoms. The topological polar surface area (TPSA) is 68.0 Å². The molecule has 0 saturated heterocycles. The lowest BCUT2D eigenvalue weighted by Gasteiger charge is -2.05. The third-order valence-electron chi connectivity index (χ3n) is 3.12. The number of nitrogens with one attached hydrogen (secondary N) is 1. The first-order valence-corrected chi connectivity index (χ1v) is 6.98. The molecular weight excluding hydrogens is 302 g/mol. The molecule has 6 heteroatoms. The van der Waals surface area contributed by atoms with Crippen LogP contribution in [0.1, 0.15) is 16.2 Å². The van der Waals surface area contributed by atoms with Crippen molar-refractivity contribution in [2.75, 3.05) is 5.32 Å². The SMILES string of the molecule is Cc1ccccc1NC(=O)c1nnc(-c2ccccc2Cl)o1. The van der Waals surface area contributed by atoms with Crippen LogP contribution in [-0.4, -0.2) is 16.1 Å². The average Bonchev–Trinajstić information content (AvgIpc) is 3.00. The van der Waals surface area contributed by atoms with E-state index in [1.165, 1.54) is 0 Å². The molecule has 22 heavy (non-hydrogen) atoms. The van der Waals surface area contributed by atoms with Crippen LogP contribution in [0.2, 0.25) is 5.02 Å². The Bertz CT molecular complexity index is 830. The number of benzene rings is 2. The zero-order chi connectivity index (χ0) is 15.5. The lowest BCUT2D eigenvalue weighted by Crippen LogP contribution is -2.13. The number of anilines is 1. The lowest BCUT2D eigenvalue weighted by atomic mass is 10.2. The second-order valence-electron chi connectivity index (χ2n) is 4.66. The van der Waals surface area contributed by atoms with Gasteiger partial charge in [-0.1, -0.05) is 41.9 Å². The fourth-order valence-corrected chi connectivity index (χ4v) is 2.16. The van der Waals surface area contributed by atoms with Crippen molar-refractivity contribution in [2.45, 2.75) is 6.92 Å². The summed E-state index contributed by atoms with van der Waals surface area (Å²) in [7, 11) is 0. The van der Waals surface area contributed by atoms with E-state index in [0.29, 0.717) is 16.3 Å². The van der Waals surface area contributed by atoms with E-state index in [1.54, 1.807) is 30.3 Å². The van der Waals surface area contributed by atoms with Gasteiger partial charge < -0.3 is 9.73 Å². The van der Waals surface area contributed by atoms with Crippen molar-refractivity contribution in [1.29, 1.82) is 0 Å². The molecule has 0 atom stereocenters. The molecule has 1 N–H and O–H groups in total. The van der Waals surface area contributed by atoms with Gasteiger partial charge in [0.2, 0.25) is 5.89 Å². The number of halogens is 1. The second-order valence-corrected chi connectivity index (χ2v) is 5.07. The summed E-state index contributed by atoms with van der Waals surface area (Å²) in [5.41, 5.74) is 2.23. The van der Waals surface area contributed by atoms with E-state index in [2.05, 4.69) is 15.5 Å². The number of carbonyl (C=O) groups excluding carboxylic acids is 1. The predicted molar refractivity (Wildman–Crippen MR) is 83.9 cm³/mol. The summed E-state index contributed by atoms with van der Waals surface area (Å²) >= 11 is 6.07. The Hall–Kier alpha value is -2.66. The number of aromatic nitrogens is 2. The fourth-order valence-electron chi connectivity index (χ4n) is 1.95. The van der Waals surface area contributed by atoms with Crippen LogP contribution < -0.4 is 5.32 Å². The molecular formula is C16H12ClN3O2. The maximum atomic E-state index is 12.2. The lowest BCUT2D eigenvalue weighted by molar-refractivity contribution is 0.0990. The van der Waals surface area contributed by atoms with Crippen LogP contribution in [0.15, 0.2) is 52.9 Å². The van der Waals surface area contributed by atoms with Crippen LogP contribution >= 0.6 is 11.6 Å². The number of amides is 1. The smallest absolute Gasteiger partial charge is 0.313 e. The van der Waals surface area contributed by atoms with Crippen LogP contribution in [0.5, 0.6) is 0 Å². The highest BCUT2D eigenvalue weighted by Gasteiger charge is 2.17. The maximum absolute atomic E-state index is 12.2. The molecule has 0 fully saturated rings. The van der Waals surface area contributed by atoms with E-state index in [9.17, 15) is 4.79 Å². The molecule has 5 nitrogen and oxygen atoms in total. The molecule has 1 heterocycles. The highest BCUT2D eigenvalue weighted by atomic mass is 35.5. The van der Waals surface area contributed by atoms with Crippen LogP contribution in [0, 0.1) is 6.92 Å². The van der Waals surface area contributed by atoms with E-state index in [1.807, 2.05) is 25.1 Å². The maximum Gasteiger partial charge on any atom is 0.313 e. The Labute approximate surface area is 131 Å². The van der Waals surface area contributed by atoms with Gasteiger partial charge in [0.05, 0.1) is 10.6 Å². The predicted octanol–water partition coefficient (Wildman–Crippen LogP) is 3.95. The van der Waals surface area contributed by atoms with Gasteiger partial charge in [-0.05, 0) is 30.7 Å². The Morgan fingerprint density at radius 3 is 2.59 bits per heavy atom. The summed E-state index contributed by atoms with van der Waals surface area (Å²) in [6.45, 7) is 1.90. The number of para-hydroxylation sites is 1. The van der Waals surface area contributed by atoms with Crippen molar-refractivity contribution in [3.63, 3.8) is 0 Å². The molecule has 0 radical (unpaired) electrons. The summed E-state index contributed by atoms with van der Waals surface area (Å²) in [6, 6.07) is 14.5. The van der Waals surface area contributed by atoms with Crippen LogP contribution in [0.25, 0.3) is 11.5 Å². The Balaban J connectivity index is 1.84. The number of rotatable bonds is 3. The molecule has 110 valence electrons. The van der Waals surface area contributed by atoms with E-state index in [4.69, 9.17) is 16.0 Å². The summed E-state index contributed by atoms with van der Waals surface area (Å²) in [5, 5.41) is 10.9. The Kier molecular flexibility index (Phi) is 3.89. The van der Waals surface area contributed by atoms with Crippen molar-refractivity contribution in [3.8, 4) is 11.5 Å². The quantitative estimate of drug-likeness (QED) is 0.795. The molecule has 3 rings (SSSR count). The van der Waals surface area contributed by atoms with E-state index >= 15 is 0 Å². The van der Waals surface area contributed by atoms with Crippen molar-refractivity contribution in [2.24, 2.45) is 0 Å². The number of hydrogen-bond donors (Lipinski definition) is 1. The summed E-state index contributed by atoms with van der Waals surface area (Å²) in [6.07, 6.45) is 0. The zero-order valence-electron chi connectivity index (χ0n) is 11.7. The molecule has 3 aromatic rings. The second kappa shape index (κ2) is 5.99. The van der Waals surface area contributed by atoms with Crippen LogP contribution in [0.3, 0.4) is 0 Å². The van der Waals surface area contributed by atoms with Crippen molar-refractivity contribution in [3.05, 3.63) is 65.0 Å². The molecule has 0 aliphatic carbocycles. The Morgan fingerprint density at radius 2 is 1.82 bits per heavy atom. The van der Waals surface area contributed by atoms with Gasteiger partial charge in [0, 0.05) is 5.69 Å². The molecule has 0 unspecified atom stereocenters.